The lowest BCUT2D eigenvalue weighted by molar-refractivity contribution is -0.136. The van der Waals surface area contributed by atoms with Gasteiger partial charge in [-0.1, -0.05) is 53.7 Å². The van der Waals surface area contributed by atoms with E-state index in [4.69, 9.17) is 21.1 Å². The number of methoxy groups -OCH3 is 1. The molecule has 1 aliphatic rings. The smallest absolute Gasteiger partial charge is 0.336 e. The first kappa shape index (κ1) is 25.2. The molecule has 0 saturated carbocycles. The van der Waals surface area contributed by atoms with Crippen molar-refractivity contribution in [2.45, 2.75) is 19.8 Å². The third-order valence-electron chi connectivity index (χ3n) is 5.08. The maximum atomic E-state index is 12.7. The summed E-state index contributed by atoms with van der Waals surface area (Å²) < 4.78 is 10.8. The van der Waals surface area contributed by atoms with Crippen LogP contribution in [0.5, 0.6) is 5.75 Å². The predicted octanol–water partition coefficient (Wildman–Crippen LogP) is 4.98. The molecule has 3 rings (SSSR count). The highest BCUT2D eigenvalue weighted by Crippen LogP contribution is 2.44. The van der Waals surface area contributed by atoms with Gasteiger partial charge in [-0.15, -0.1) is 0 Å². The number of esters is 1. The van der Waals surface area contributed by atoms with E-state index in [9.17, 15) is 14.9 Å². The Balaban J connectivity index is 1.96. The number of benzene rings is 2. The zero-order valence-electron chi connectivity index (χ0n) is 19.0. The number of ether oxygens (including phenoxy) is 2. The maximum Gasteiger partial charge on any atom is 0.336 e. The Morgan fingerprint density at radius 3 is 2.59 bits per heavy atom. The van der Waals surface area contributed by atoms with E-state index in [-0.39, 0.29) is 11.7 Å². The molecule has 2 N–H and O–H groups in total. The van der Waals surface area contributed by atoms with Crippen LogP contribution in [0.15, 0.2) is 70.4 Å². The van der Waals surface area contributed by atoms with E-state index in [2.05, 4.69) is 16.7 Å². The first-order valence-electron chi connectivity index (χ1n) is 10.5. The number of thioether (sulfide) groups is 1. The van der Waals surface area contributed by atoms with Gasteiger partial charge in [0.1, 0.15) is 5.75 Å². The van der Waals surface area contributed by atoms with Gasteiger partial charge in [0.05, 0.1) is 58.3 Å². The van der Waals surface area contributed by atoms with E-state index in [1.807, 2.05) is 25.1 Å². The molecular formula is C25H24ClN3O4S. The van der Waals surface area contributed by atoms with Crippen molar-refractivity contribution in [3.05, 3.63) is 81.0 Å². The van der Waals surface area contributed by atoms with Gasteiger partial charge in [0.15, 0.2) is 0 Å². The molecule has 1 aliphatic heterocycles. The molecular weight excluding hydrogens is 474 g/mol. The third kappa shape index (κ3) is 5.56. The van der Waals surface area contributed by atoms with Crippen LogP contribution in [-0.4, -0.2) is 31.3 Å². The molecule has 1 atom stereocenters. The number of carbonyl (C=O) groups excluding carboxylic acids is 2. The number of halogens is 1. The number of nitrogens with one attached hydrogen (secondary N) is 2. The summed E-state index contributed by atoms with van der Waals surface area (Å²) in [5, 5.41) is 16.9. The van der Waals surface area contributed by atoms with Crippen LogP contribution < -0.4 is 15.4 Å². The maximum absolute atomic E-state index is 12.7. The molecule has 1 heterocycles. The summed E-state index contributed by atoms with van der Waals surface area (Å²) in [5.74, 6) is -0.944. The van der Waals surface area contributed by atoms with Crippen LogP contribution in [0.25, 0.3) is 0 Å². The van der Waals surface area contributed by atoms with Crippen LogP contribution in [0.4, 0.5) is 5.69 Å². The zero-order valence-corrected chi connectivity index (χ0v) is 20.5. The average Bonchev–Trinajstić information content (AvgIpc) is 2.84. The largest absolute Gasteiger partial charge is 0.494 e. The Bertz CT molecular complexity index is 1200. The molecule has 0 spiro atoms. The van der Waals surface area contributed by atoms with Crippen molar-refractivity contribution in [1.82, 2.24) is 5.32 Å². The summed E-state index contributed by atoms with van der Waals surface area (Å²) in [4.78, 5) is 25.3. The van der Waals surface area contributed by atoms with E-state index >= 15 is 0 Å². The Morgan fingerprint density at radius 2 is 1.91 bits per heavy atom. The van der Waals surface area contributed by atoms with Crippen LogP contribution in [0.3, 0.4) is 0 Å². The minimum atomic E-state index is -0.712. The molecule has 7 nitrogen and oxygen atoms in total. The Morgan fingerprint density at radius 1 is 1.21 bits per heavy atom. The second-order valence-electron chi connectivity index (χ2n) is 7.23. The molecule has 34 heavy (non-hydrogen) atoms. The quantitative estimate of drug-likeness (QED) is 0.496. The van der Waals surface area contributed by atoms with Crippen molar-refractivity contribution < 1.29 is 19.1 Å². The van der Waals surface area contributed by atoms with Gasteiger partial charge in [0, 0.05) is 11.3 Å². The SMILES string of the molecule is CCOc1ccccc1[C@@H]1C(C#N)=C(SCC(=O)Nc2ccccc2Cl)NC(C)=C1C(=O)OC. The number of hydrogen-bond donors (Lipinski definition) is 2. The minimum Gasteiger partial charge on any atom is -0.494 e. The first-order chi connectivity index (χ1) is 16.4. The third-order valence-corrected chi connectivity index (χ3v) is 6.42. The van der Waals surface area contributed by atoms with Crippen LogP contribution in [0.2, 0.25) is 5.02 Å². The van der Waals surface area contributed by atoms with Crippen molar-refractivity contribution in [2.75, 3.05) is 24.8 Å². The van der Waals surface area contributed by atoms with Gasteiger partial charge >= 0.3 is 5.97 Å². The highest BCUT2D eigenvalue weighted by molar-refractivity contribution is 8.03. The Hall–Kier alpha value is -3.41. The molecule has 0 aromatic heterocycles. The number of nitriles is 1. The zero-order chi connectivity index (χ0) is 24.7. The molecule has 176 valence electrons. The number of dihydropyridines is 1. The van der Waals surface area contributed by atoms with E-state index in [0.717, 1.165) is 0 Å². The van der Waals surface area contributed by atoms with Gasteiger partial charge in [-0.3, -0.25) is 4.79 Å². The summed E-state index contributed by atoms with van der Waals surface area (Å²) in [6.45, 7) is 4.02. The number of anilines is 1. The number of hydrogen-bond acceptors (Lipinski definition) is 7. The number of para-hydroxylation sites is 2. The van der Waals surface area contributed by atoms with Crippen LogP contribution in [0.1, 0.15) is 25.3 Å². The lowest BCUT2D eigenvalue weighted by Gasteiger charge is -2.30. The predicted molar refractivity (Wildman–Crippen MR) is 133 cm³/mol. The Labute approximate surface area is 207 Å². The molecule has 0 saturated heterocycles. The van der Waals surface area contributed by atoms with E-state index in [1.54, 1.807) is 37.3 Å². The van der Waals surface area contributed by atoms with Gasteiger partial charge in [0.2, 0.25) is 5.91 Å². The molecule has 0 aliphatic carbocycles. The molecule has 0 bridgehead atoms. The highest BCUT2D eigenvalue weighted by atomic mass is 35.5. The van der Waals surface area contributed by atoms with E-state index in [1.165, 1.54) is 18.9 Å². The van der Waals surface area contributed by atoms with Crippen molar-refractivity contribution in [3.8, 4) is 11.8 Å². The minimum absolute atomic E-state index is 0.0272. The number of nitrogens with zero attached hydrogens (tertiary/aromatic N) is 1. The van der Waals surface area contributed by atoms with Gasteiger partial charge in [-0.2, -0.15) is 5.26 Å². The van der Waals surface area contributed by atoms with Crippen LogP contribution in [0, 0.1) is 11.3 Å². The number of allylic oxidation sites excluding steroid dienone is 2. The lowest BCUT2D eigenvalue weighted by Crippen LogP contribution is -2.29. The van der Waals surface area contributed by atoms with Crippen LogP contribution >= 0.6 is 23.4 Å². The van der Waals surface area contributed by atoms with Crippen molar-refractivity contribution in [2.24, 2.45) is 0 Å². The van der Waals surface area contributed by atoms with E-state index in [0.29, 0.717) is 50.5 Å². The summed E-state index contributed by atoms with van der Waals surface area (Å²) in [6, 6.07) is 16.4. The fourth-order valence-electron chi connectivity index (χ4n) is 3.61. The molecule has 1 amide bonds. The van der Waals surface area contributed by atoms with Crippen LogP contribution in [-0.2, 0) is 14.3 Å². The molecule has 2 aromatic carbocycles. The normalized spacial score (nSPS) is 15.3. The molecule has 9 heteroatoms. The summed E-state index contributed by atoms with van der Waals surface area (Å²) in [6.07, 6.45) is 0. The number of carbonyl (C=O) groups is 2. The Kier molecular flexibility index (Phi) is 8.63. The van der Waals surface area contributed by atoms with Gasteiger partial charge < -0.3 is 20.1 Å². The van der Waals surface area contributed by atoms with Crippen molar-refractivity contribution in [1.29, 1.82) is 5.26 Å². The summed E-state index contributed by atoms with van der Waals surface area (Å²) in [7, 11) is 1.30. The monoisotopic (exact) mass is 497 g/mol. The molecule has 0 radical (unpaired) electrons. The van der Waals surface area contributed by atoms with Gasteiger partial charge in [0.25, 0.3) is 0 Å². The summed E-state index contributed by atoms with van der Waals surface area (Å²) in [5.41, 5.74) is 2.33. The second kappa shape index (κ2) is 11.6. The number of amides is 1. The first-order valence-corrected chi connectivity index (χ1v) is 11.9. The topological polar surface area (TPSA) is 100 Å². The summed E-state index contributed by atoms with van der Waals surface area (Å²) >= 11 is 7.29. The van der Waals surface area contributed by atoms with Crippen molar-refractivity contribution in [3.63, 3.8) is 0 Å². The fraction of sp³-hybridized carbons (Fsp3) is 0.240. The van der Waals surface area contributed by atoms with E-state index < -0.39 is 11.9 Å². The second-order valence-corrected chi connectivity index (χ2v) is 8.62. The fourth-order valence-corrected chi connectivity index (χ4v) is 4.69. The highest BCUT2D eigenvalue weighted by Gasteiger charge is 2.37. The van der Waals surface area contributed by atoms with Gasteiger partial charge in [-0.25, -0.2) is 4.79 Å². The van der Waals surface area contributed by atoms with Crippen molar-refractivity contribution >= 4 is 40.9 Å². The number of rotatable bonds is 8. The standard InChI is InChI=1S/C25H24ClN3O4S/c1-4-33-20-12-8-5-9-16(20)23-17(13-27)24(28-15(2)22(23)25(31)32-3)34-14-21(30)29-19-11-7-6-10-18(19)26/h5-12,23,28H,4,14H2,1-3H3,(H,29,30)/t23-/m1/s1. The molecule has 0 unspecified atom stereocenters. The lowest BCUT2D eigenvalue weighted by atomic mass is 9.82. The average molecular weight is 498 g/mol. The molecule has 2 aromatic rings. The van der Waals surface area contributed by atoms with Gasteiger partial charge in [-0.05, 0) is 32.0 Å². The molecule has 0 fully saturated rings.